The van der Waals surface area contributed by atoms with E-state index in [4.69, 9.17) is 14.2 Å². The van der Waals surface area contributed by atoms with Gasteiger partial charge < -0.3 is 24.8 Å². The molecule has 4 rings (SSSR count). The predicted octanol–water partition coefficient (Wildman–Crippen LogP) is 4.82. The Bertz CT molecular complexity index is 1180. The molecule has 0 saturated heterocycles. The minimum Gasteiger partial charge on any atom is -0.497 e. The third-order valence-corrected chi connectivity index (χ3v) is 5.64. The molecule has 1 aliphatic rings. The van der Waals surface area contributed by atoms with Gasteiger partial charge in [0.05, 0.1) is 33.6 Å². The van der Waals surface area contributed by atoms with Gasteiger partial charge in [0.25, 0.3) is 5.91 Å². The van der Waals surface area contributed by atoms with Gasteiger partial charge in [0.15, 0.2) is 17.5 Å². The molecule has 1 amide bonds. The second-order valence-corrected chi connectivity index (χ2v) is 7.64. The molecule has 11 heteroatoms. The highest BCUT2D eigenvalue weighted by molar-refractivity contribution is 6.07. The Labute approximate surface area is 193 Å². The number of nitrogens with zero attached hydrogens (tertiary/aromatic N) is 2. The number of ether oxygens (including phenoxy) is 3. The zero-order valence-electron chi connectivity index (χ0n) is 18.6. The summed E-state index contributed by atoms with van der Waals surface area (Å²) in [6, 6.07) is 8.93. The highest BCUT2D eigenvalue weighted by atomic mass is 19.4. The summed E-state index contributed by atoms with van der Waals surface area (Å²) in [6.45, 7) is 0. The topological polar surface area (TPSA) is 86.6 Å². The molecule has 2 aromatic carbocycles. The van der Waals surface area contributed by atoms with Gasteiger partial charge in [-0.1, -0.05) is 12.1 Å². The fourth-order valence-corrected chi connectivity index (χ4v) is 3.90. The summed E-state index contributed by atoms with van der Waals surface area (Å²) in [5.41, 5.74) is 1.01. The second kappa shape index (κ2) is 9.16. The van der Waals surface area contributed by atoms with E-state index in [2.05, 4.69) is 15.7 Å². The van der Waals surface area contributed by atoms with E-state index >= 15 is 0 Å². The van der Waals surface area contributed by atoms with Crippen LogP contribution in [0.5, 0.6) is 17.2 Å². The predicted molar refractivity (Wildman–Crippen MR) is 119 cm³/mol. The molecule has 2 heterocycles. The van der Waals surface area contributed by atoms with Crippen molar-refractivity contribution < 1.29 is 32.2 Å². The van der Waals surface area contributed by atoms with Crippen molar-refractivity contribution in [1.29, 1.82) is 0 Å². The van der Waals surface area contributed by atoms with Crippen molar-refractivity contribution in [3.63, 3.8) is 0 Å². The maximum Gasteiger partial charge on any atom is 0.410 e. The quantitative estimate of drug-likeness (QED) is 0.531. The number of hydrogen-bond acceptors (Lipinski definition) is 6. The Kier molecular flexibility index (Phi) is 6.27. The molecule has 1 aliphatic heterocycles. The van der Waals surface area contributed by atoms with Crippen molar-refractivity contribution in [1.82, 2.24) is 9.78 Å². The summed E-state index contributed by atoms with van der Waals surface area (Å²) in [5, 5.41) is 9.63. The van der Waals surface area contributed by atoms with Gasteiger partial charge in [0.2, 0.25) is 0 Å². The average molecular weight is 476 g/mol. The molecule has 1 aromatic heterocycles. The maximum absolute atomic E-state index is 13.9. The lowest BCUT2D eigenvalue weighted by Gasteiger charge is -2.34. The SMILES string of the molecule is COc1ccc([C@@H]2C[C@@H](C(F)(F)F)n3ncc(C(=O)Nc4ccc(OC)c(OC)c4)c3N2)cc1. The number of fused-ring (bicyclic) bond motifs is 1. The first-order chi connectivity index (χ1) is 16.2. The van der Waals surface area contributed by atoms with Crippen LogP contribution in [0.15, 0.2) is 48.7 Å². The van der Waals surface area contributed by atoms with Gasteiger partial charge in [0, 0.05) is 18.2 Å². The van der Waals surface area contributed by atoms with E-state index < -0.39 is 24.2 Å². The van der Waals surface area contributed by atoms with E-state index in [9.17, 15) is 18.0 Å². The number of amides is 1. The third kappa shape index (κ3) is 4.45. The van der Waals surface area contributed by atoms with Crippen LogP contribution in [-0.4, -0.2) is 43.2 Å². The number of anilines is 2. The van der Waals surface area contributed by atoms with Crippen LogP contribution in [0, 0.1) is 0 Å². The van der Waals surface area contributed by atoms with Crippen LogP contribution in [0.1, 0.15) is 34.4 Å². The number of methoxy groups -OCH3 is 3. The van der Waals surface area contributed by atoms with E-state index in [1.54, 1.807) is 42.5 Å². The minimum absolute atomic E-state index is 0.00707. The van der Waals surface area contributed by atoms with Crippen molar-refractivity contribution in [3.8, 4) is 17.2 Å². The van der Waals surface area contributed by atoms with Gasteiger partial charge in [0.1, 0.15) is 17.1 Å². The number of rotatable bonds is 6. The van der Waals surface area contributed by atoms with Crippen LogP contribution in [0.4, 0.5) is 24.7 Å². The molecule has 0 saturated carbocycles. The first-order valence-electron chi connectivity index (χ1n) is 10.3. The van der Waals surface area contributed by atoms with Crippen LogP contribution >= 0.6 is 0 Å². The van der Waals surface area contributed by atoms with Crippen molar-refractivity contribution in [3.05, 3.63) is 59.8 Å². The van der Waals surface area contributed by atoms with Crippen molar-refractivity contribution >= 4 is 17.4 Å². The first-order valence-corrected chi connectivity index (χ1v) is 10.3. The molecule has 8 nitrogen and oxygen atoms in total. The summed E-state index contributed by atoms with van der Waals surface area (Å²) in [4.78, 5) is 13.0. The molecule has 34 heavy (non-hydrogen) atoms. The minimum atomic E-state index is -4.55. The van der Waals surface area contributed by atoms with Gasteiger partial charge in [-0.05, 0) is 29.8 Å². The summed E-state index contributed by atoms with van der Waals surface area (Å²) >= 11 is 0. The summed E-state index contributed by atoms with van der Waals surface area (Å²) in [5.74, 6) is 0.837. The lowest BCUT2D eigenvalue weighted by Crippen LogP contribution is -2.36. The molecule has 180 valence electrons. The number of alkyl halides is 3. The molecule has 0 unspecified atom stereocenters. The molecule has 0 bridgehead atoms. The second-order valence-electron chi connectivity index (χ2n) is 7.64. The van der Waals surface area contributed by atoms with Crippen LogP contribution in [0.3, 0.4) is 0 Å². The highest BCUT2D eigenvalue weighted by Crippen LogP contribution is 2.44. The average Bonchev–Trinajstić information content (AvgIpc) is 3.26. The third-order valence-electron chi connectivity index (χ3n) is 5.64. The number of carbonyl (C=O) groups is 1. The van der Waals surface area contributed by atoms with E-state index in [1.165, 1.54) is 21.3 Å². The van der Waals surface area contributed by atoms with E-state index in [-0.39, 0.29) is 17.8 Å². The highest BCUT2D eigenvalue weighted by Gasteiger charge is 2.47. The number of halogens is 3. The van der Waals surface area contributed by atoms with Crippen LogP contribution in [-0.2, 0) is 0 Å². The van der Waals surface area contributed by atoms with Crippen molar-refractivity contribution in [2.24, 2.45) is 0 Å². The fraction of sp³-hybridized carbons (Fsp3) is 0.304. The molecule has 2 N–H and O–H groups in total. The molecule has 2 atom stereocenters. The number of benzene rings is 2. The van der Waals surface area contributed by atoms with Crippen molar-refractivity contribution in [2.45, 2.75) is 24.7 Å². The van der Waals surface area contributed by atoms with E-state index in [0.29, 0.717) is 28.5 Å². The smallest absolute Gasteiger partial charge is 0.410 e. The summed E-state index contributed by atoms with van der Waals surface area (Å²) in [7, 11) is 4.45. The fourth-order valence-electron chi connectivity index (χ4n) is 3.90. The molecular weight excluding hydrogens is 453 g/mol. The largest absolute Gasteiger partial charge is 0.497 e. The zero-order chi connectivity index (χ0) is 24.5. The molecule has 0 fully saturated rings. The van der Waals surface area contributed by atoms with Crippen LogP contribution in [0.2, 0.25) is 0 Å². The lowest BCUT2D eigenvalue weighted by atomic mass is 9.96. The summed E-state index contributed by atoms with van der Waals surface area (Å²) < 4.78 is 58.1. The lowest BCUT2D eigenvalue weighted by molar-refractivity contribution is -0.173. The Balaban J connectivity index is 1.65. The maximum atomic E-state index is 13.9. The summed E-state index contributed by atoms with van der Waals surface area (Å²) in [6.07, 6.45) is -3.69. The van der Waals surface area contributed by atoms with Gasteiger partial charge in [-0.25, -0.2) is 4.68 Å². The van der Waals surface area contributed by atoms with Crippen molar-refractivity contribution in [2.75, 3.05) is 32.0 Å². The Morgan fingerprint density at radius 3 is 2.38 bits per heavy atom. The van der Waals surface area contributed by atoms with E-state index in [0.717, 1.165) is 10.9 Å². The molecule has 0 aliphatic carbocycles. The van der Waals surface area contributed by atoms with E-state index in [1.807, 2.05) is 0 Å². The number of carbonyl (C=O) groups excluding carboxylic acids is 1. The normalized spacial score (nSPS) is 17.4. The molecule has 3 aromatic rings. The Morgan fingerprint density at radius 2 is 1.76 bits per heavy atom. The standard InChI is InChI=1S/C23H23F3N4O4/c1-32-15-7-4-13(5-8-15)17-11-20(23(24,25)26)30-21(29-17)16(12-27-30)22(31)28-14-6-9-18(33-2)19(10-14)34-3/h4-10,12,17,20,29H,11H2,1-3H3,(H,28,31)/t17-,20-/m0/s1. The number of aromatic nitrogens is 2. The van der Waals surface area contributed by atoms with Gasteiger partial charge >= 0.3 is 6.18 Å². The molecule has 0 radical (unpaired) electrons. The molecule has 0 spiro atoms. The Hall–Kier alpha value is -3.89. The van der Waals surface area contributed by atoms with Crippen LogP contribution in [0.25, 0.3) is 0 Å². The van der Waals surface area contributed by atoms with Gasteiger partial charge in [-0.15, -0.1) is 0 Å². The zero-order valence-corrected chi connectivity index (χ0v) is 18.6. The molecular formula is C23H23F3N4O4. The Morgan fingerprint density at radius 1 is 1.06 bits per heavy atom. The first kappa shape index (κ1) is 23.3. The van der Waals surface area contributed by atoms with Gasteiger partial charge in [-0.2, -0.15) is 18.3 Å². The van der Waals surface area contributed by atoms with Gasteiger partial charge in [-0.3, -0.25) is 4.79 Å². The number of hydrogen-bond donors (Lipinski definition) is 2. The number of nitrogens with one attached hydrogen (secondary N) is 2. The monoisotopic (exact) mass is 476 g/mol. The van der Waals surface area contributed by atoms with Crippen LogP contribution < -0.4 is 24.8 Å².